The lowest BCUT2D eigenvalue weighted by Crippen LogP contribution is -2.31. The number of sulfonamides is 1. The summed E-state index contributed by atoms with van der Waals surface area (Å²) in [6.45, 7) is 0.887. The van der Waals surface area contributed by atoms with Crippen molar-refractivity contribution < 1.29 is 18.3 Å². The SMILES string of the molecule is O=S(=O)(NCC1CCCO1)c1csc(CO)c1. The molecule has 2 heterocycles. The molecule has 1 aliphatic rings. The van der Waals surface area contributed by atoms with E-state index >= 15 is 0 Å². The summed E-state index contributed by atoms with van der Waals surface area (Å²) < 4.78 is 31.6. The lowest BCUT2D eigenvalue weighted by Gasteiger charge is -2.10. The molecule has 1 aromatic rings. The first-order chi connectivity index (χ1) is 8.12. The number of aliphatic hydroxyl groups excluding tert-OH is 1. The van der Waals surface area contributed by atoms with E-state index < -0.39 is 10.0 Å². The summed E-state index contributed by atoms with van der Waals surface area (Å²) in [7, 11) is -3.47. The molecule has 0 aromatic carbocycles. The summed E-state index contributed by atoms with van der Waals surface area (Å²) in [5.74, 6) is 0. The molecule has 1 aliphatic heterocycles. The van der Waals surface area contributed by atoms with Gasteiger partial charge < -0.3 is 9.84 Å². The first-order valence-corrected chi connectivity index (χ1v) is 7.77. The summed E-state index contributed by atoms with van der Waals surface area (Å²) in [6.07, 6.45) is 1.87. The van der Waals surface area contributed by atoms with Crippen molar-refractivity contribution >= 4 is 21.4 Å². The highest BCUT2D eigenvalue weighted by molar-refractivity contribution is 7.89. The highest BCUT2D eigenvalue weighted by Crippen LogP contribution is 2.19. The average Bonchev–Trinajstić information content (AvgIpc) is 2.98. The quantitative estimate of drug-likeness (QED) is 0.830. The van der Waals surface area contributed by atoms with Gasteiger partial charge in [0.1, 0.15) is 0 Å². The van der Waals surface area contributed by atoms with Crippen molar-refractivity contribution in [3.63, 3.8) is 0 Å². The van der Waals surface area contributed by atoms with Gasteiger partial charge >= 0.3 is 0 Å². The van der Waals surface area contributed by atoms with Crippen LogP contribution in [0.2, 0.25) is 0 Å². The van der Waals surface area contributed by atoms with Crippen LogP contribution in [0.25, 0.3) is 0 Å². The molecule has 0 aliphatic carbocycles. The Hall–Kier alpha value is -0.470. The molecule has 0 bridgehead atoms. The van der Waals surface area contributed by atoms with Crippen LogP contribution in [0, 0.1) is 0 Å². The van der Waals surface area contributed by atoms with Crippen molar-refractivity contribution in [3.05, 3.63) is 16.3 Å². The number of hydrogen-bond acceptors (Lipinski definition) is 5. The lowest BCUT2D eigenvalue weighted by molar-refractivity contribution is 0.114. The third kappa shape index (κ3) is 3.26. The molecule has 0 spiro atoms. The molecule has 0 radical (unpaired) electrons. The van der Waals surface area contributed by atoms with Crippen LogP contribution in [-0.4, -0.2) is 32.8 Å². The minimum atomic E-state index is -3.47. The molecule has 96 valence electrons. The number of thiophene rings is 1. The molecular weight excluding hydrogens is 262 g/mol. The Labute approximate surface area is 104 Å². The summed E-state index contributed by atoms with van der Waals surface area (Å²) in [5, 5.41) is 10.4. The highest BCUT2D eigenvalue weighted by Gasteiger charge is 2.20. The Morgan fingerprint density at radius 2 is 2.41 bits per heavy atom. The molecule has 1 atom stereocenters. The largest absolute Gasteiger partial charge is 0.391 e. The Balaban J connectivity index is 1.97. The van der Waals surface area contributed by atoms with E-state index in [-0.39, 0.29) is 17.6 Å². The van der Waals surface area contributed by atoms with E-state index in [1.165, 1.54) is 22.8 Å². The topological polar surface area (TPSA) is 75.6 Å². The van der Waals surface area contributed by atoms with Gasteiger partial charge in [0.15, 0.2) is 0 Å². The minimum Gasteiger partial charge on any atom is -0.391 e. The molecule has 1 fully saturated rings. The molecule has 0 saturated carbocycles. The van der Waals surface area contributed by atoms with Crippen LogP contribution < -0.4 is 4.72 Å². The molecule has 7 heteroatoms. The number of rotatable bonds is 5. The molecule has 2 N–H and O–H groups in total. The third-order valence-electron chi connectivity index (χ3n) is 2.62. The smallest absolute Gasteiger partial charge is 0.241 e. The first-order valence-electron chi connectivity index (χ1n) is 5.41. The van der Waals surface area contributed by atoms with E-state index in [0.29, 0.717) is 18.0 Å². The van der Waals surface area contributed by atoms with Gasteiger partial charge in [-0.1, -0.05) is 0 Å². The second kappa shape index (κ2) is 5.45. The Morgan fingerprint density at radius 1 is 1.59 bits per heavy atom. The van der Waals surface area contributed by atoms with Gasteiger partial charge in [0.2, 0.25) is 10.0 Å². The van der Waals surface area contributed by atoms with Gasteiger partial charge in [-0.2, -0.15) is 0 Å². The summed E-state index contributed by atoms with van der Waals surface area (Å²) in [6, 6.07) is 1.49. The van der Waals surface area contributed by atoms with E-state index in [2.05, 4.69) is 4.72 Å². The maximum absolute atomic E-state index is 11.9. The molecular formula is C10H15NO4S2. The Kier molecular flexibility index (Phi) is 4.16. The van der Waals surface area contributed by atoms with Gasteiger partial charge in [0.05, 0.1) is 17.6 Å². The van der Waals surface area contributed by atoms with Crippen molar-refractivity contribution in [2.75, 3.05) is 13.2 Å². The van der Waals surface area contributed by atoms with E-state index in [9.17, 15) is 8.42 Å². The van der Waals surface area contributed by atoms with Crippen molar-refractivity contribution in [2.45, 2.75) is 30.4 Å². The molecule has 1 saturated heterocycles. The van der Waals surface area contributed by atoms with Gasteiger partial charge in [-0.05, 0) is 18.9 Å². The lowest BCUT2D eigenvalue weighted by atomic mass is 10.2. The van der Waals surface area contributed by atoms with Crippen LogP contribution >= 0.6 is 11.3 Å². The molecule has 5 nitrogen and oxygen atoms in total. The van der Waals surface area contributed by atoms with E-state index in [0.717, 1.165) is 12.8 Å². The van der Waals surface area contributed by atoms with Gasteiger partial charge in [0.25, 0.3) is 0 Å². The van der Waals surface area contributed by atoms with Gasteiger partial charge in [-0.15, -0.1) is 11.3 Å². The van der Waals surface area contributed by atoms with Gasteiger partial charge in [-0.25, -0.2) is 13.1 Å². The normalized spacial score (nSPS) is 20.9. The van der Waals surface area contributed by atoms with Crippen molar-refractivity contribution in [2.24, 2.45) is 0 Å². The second-order valence-corrected chi connectivity index (χ2v) is 6.66. The zero-order valence-corrected chi connectivity index (χ0v) is 10.9. The highest BCUT2D eigenvalue weighted by atomic mass is 32.2. The molecule has 1 aromatic heterocycles. The van der Waals surface area contributed by atoms with Crippen molar-refractivity contribution in [1.82, 2.24) is 4.72 Å². The van der Waals surface area contributed by atoms with Crippen molar-refractivity contribution in [3.8, 4) is 0 Å². The van der Waals surface area contributed by atoms with E-state index in [4.69, 9.17) is 9.84 Å². The van der Waals surface area contributed by atoms with Gasteiger partial charge in [0, 0.05) is 23.4 Å². The fraction of sp³-hybridized carbons (Fsp3) is 0.600. The fourth-order valence-electron chi connectivity index (χ4n) is 1.68. The fourth-order valence-corrected chi connectivity index (χ4v) is 3.88. The minimum absolute atomic E-state index is 0.0132. The molecule has 0 amide bonds. The van der Waals surface area contributed by atoms with Crippen LogP contribution in [0.4, 0.5) is 0 Å². The maximum Gasteiger partial charge on any atom is 0.241 e. The monoisotopic (exact) mass is 277 g/mol. The molecule has 17 heavy (non-hydrogen) atoms. The van der Waals surface area contributed by atoms with Crippen LogP contribution in [0.15, 0.2) is 16.3 Å². The average molecular weight is 277 g/mol. The first kappa shape index (κ1) is 13.0. The zero-order valence-electron chi connectivity index (χ0n) is 9.26. The molecule has 2 rings (SSSR count). The summed E-state index contributed by atoms with van der Waals surface area (Å²) in [5.41, 5.74) is 0. The summed E-state index contributed by atoms with van der Waals surface area (Å²) >= 11 is 1.23. The predicted octanol–water partition coefficient (Wildman–Crippen LogP) is 0.698. The van der Waals surface area contributed by atoms with Crippen molar-refractivity contribution in [1.29, 1.82) is 0 Å². The molecule has 1 unspecified atom stereocenters. The number of aliphatic hydroxyl groups is 1. The Bertz CT molecular complexity index is 462. The number of ether oxygens (including phenoxy) is 1. The number of nitrogens with one attached hydrogen (secondary N) is 1. The maximum atomic E-state index is 11.9. The third-order valence-corrected chi connectivity index (χ3v) is 5.09. The number of hydrogen-bond donors (Lipinski definition) is 2. The van der Waals surface area contributed by atoms with Crippen LogP contribution in [0.1, 0.15) is 17.7 Å². The second-order valence-electron chi connectivity index (χ2n) is 3.89. The van der Waals surface area contributed by atoms with Gasteiger partial charge in [-0.3, -0.25) is 0 Å². The van der Waals surface area contributed by atoms with Crippen LogP contribution in [-0.2, 0) is 21.4 Å². The van der Waals surface area contributed by atoms with E-state index in [1.54, 1.807) is 0 Å². The summed E-state index contributed by atoms with van der Waals surface area (Å²) in [4.78, 5) is 0.854. The van der Waals surface area contributed by atoms with E-state index in [1.807, 2.05) is 0 Å². The van der Waals surface area contributed by atoms with Crippen LogP contribution in [0.3, 0.4) is 0 Å². The van der Waals surface area contributed by atoms with Crippen LogP contribution in [0.5, 0.6) is 0 Å². The standard InChI is InChI=1S/C10H15NO4S2/c12-6-9-4-10(7-16-9)17(13,14)11-5-8-2-1-3-15-8/h4,7-8,11-12H,1-3,5-6H2. The Morgan fingerprint density at radius 3 is 3.00 bits per heavy atom. The predicted molar refractivity (Wildman–Crippen MR) is 64.4 cm³/mol. The zero-order chi connectivity index (χ0) is 12.3.